The Morgan fingerprint density at radius 1 is 1.26 bits per heavy atom. The molecule has 0 aromatic heterocycles. The van der Waals surface area contributed by atoms with E-state index in [0.717, 1.165) is 31.2 Å². The first-order valence-electron chi connectivity index (χ1n) is 10.0. The van der Waals surface area contributed by atoms with E-state index in [9.17, 15) is 9.18 Å². The van der Waals surface area contributed by atoms with E-state index in [0.29, 0.717) is 13.2 Å². The Bertz CT molecular complexity index is 540. The largest absolute Gasteiger partial charge is 0.466 e. The molecule has 1 aromatic rings. The van der Waals surface area contributed by atoms with Crippen molar-refractivity contribution in [3.05, 3.63) is 60.5 Å². The maximum atomic E-state index is 12.8. The number of carbonyl (C=O) groups excluding carboxylic acids is 1. The lowest BCUT2D eigenvalue weighted by atomic mass is 10.0. The fourth-order valence-corrected chi connectivity index (χ4v) is 2.82. The molecule has 152 valence electrons. The molecule has 2 unspecified atom stereocenters. The second kappa shape index (κ2) is 16.2. The molecule has 2 atom stereocenters. The average Bonchev–Trinajstić information content (AvgIpc) is 3.17. The molecule has 1 fully saturated rings. The molecular weight excluding hydrogens is 341 g/mol. The van der Waals surface area contributed by atoms with Crippen LogP contribution in [0.25, 0.3) is 0 Å². The summed E-state index contributed by atoms with van der Waals surface area (Å²) in [4.78, 5) is 11.8. The normalized spacial score (nSPS) is 18.1. The van der Waals surface area contributed by atoms with Gasteiger partial charge in [0.05, 0.1) is 12.5 Å². The van der Waals surface area contributed by atoms with Crippen LogP contribution in [-0.4, -0.2) is 18.6 Å². The van der Waals surface area contributed by atoms with Crippen LogP contribution in [0.3, 0.4) is 0 Å². The first-order chi connectivity index (χ1) is 13.1. The van der Waals surface area contributed by atoms with Crippen molar-refractivity contribution < 1.29 is 13.9 Å². The second-order valence-electron chi connectivity index (χ2n) is 5.98. The highest BCUT2D eigenvalue weighted by Gasteiger charge is 2.33. The smallest absolute Gasteiger partial charge is 0.310 e. The van der Waals surface area contributed by atoms with Crippen molar-refractivity contribution in [1.29, 1.82) is 0 Å². The van der Waals surface area contributed by atoms with Crippen LogP contribution in [0.5, 0.6) is 0 Å². The third-order valence-electron chi connectivity index (χ3n) is 4.09. The summed E-state index contributed by atoms with van der Waals surface area (Å²) in [5.41, 5.74) is 1.02. The van der Waals surface area contributed by atoms with Gasteiger partial charge in [-0.05, 0) is 43.9 Å². The highest BCUT2D eigenvalue weighted by molar-refractivity contribution is 5.73. The number of hydrogen-bond acceptors (Lipinski definition) is 3. The Morgan fingerprint density at radius 2 is 1.93 bits per heavy atom. The van der Waals surface area contributed by atoms with Crippen LogP contribution in [0, 0.1) is 11.7 Å². The van der Waals surface area contributed by atoms with Gasteiger partial charge in [-0.1, -0.05) is 64.1 Å². The van der Waals surface area contributed by atoms with E-state index in [4.69, 9.17) is 4.74 Å². The molecule has 1 N–H and O–H groups in total. The number of nitrogens with one attached hydrogen (secondary N) is 1. The minimum Gasteiger partial charge on any atom is -0.466 e. The van der Waals surface area contributed by atoms with Crippen LogP contribution in [0.1, 0.15) is 58.9 Å². The summed E-state index contributed by atoms with van der Waals surface area (Å²) < 4.78 is 17.9. The molecule has 3 nitrogen and oxygen atoms in total. The van der Waals surface area contributed by atoms with Gasteiger partial charge in [-0.15, -0.1) is 0 Å². The van der Waals surface area contributed by atoms with Gasteiger partial charge in [-0.25, -0.2) is 4.39 Å². The molecule has 27 heavy (non-hydrogen) atoms. The molecule has 0 aliphatic heterocycles. The summed E-state index contributed by atoms with van der Waals surface area (Å²) in [7, 11) is 0. The average molecular weight is 378 g/mol. The first kappa shape index (κ1) is 25.1. The zero-order valence-corrected chi connectivity index (χ0v) is 17.3. The Kier molecular flexibility index (Phi) is 15.1. The number of carbonyl (C=O) groups is 1. The third-order valence-corrected chi connectivity index (χ3v) is 4.09. The van der Waals surface area contributed by atoms with E-state index in [2.05, 4.69) is 24.9 Å². The zero-order valence-electron chi connectivity index (χ0n) is 17.3. The molecule has 0 spiro atoms. The Labute approximate surface area is 164 Å². The molecule has 0 radical (unpaired) electrons. The predicted molar refractivity (Wildman–Crippen MR) is 112 cm³/mol. The van der Waals surface area contributed by atoms with Gasteiger partial charge in [0.1, 0.15) is 5.82 Å². The maximum absolute atomic E-state index is 12.8. The lowest BCUT2D eigenvalue weighted by molar-refractivity contribution is -0.148. The van der Waals surface area contributed by atoms with Gasteiger partial charge in [0, 0.05) is 12.6 Å². The monoisotopic (exact) mass is 377 g/mol. The number of ether oxygens (including phenoxy) is 1. The lowest BCUT2D eigenvalue weighted by Crippen LogP contribution is -2.36. The summed E-state index contributed by atoms with van der Waals surface area (Å²) in [6.45, 7) is 12.5. The van der Waals surface area contributed by atoms with Crippen molar-refractivity contribution in [2.24, 2.45) is 5.92 Å². The van der Waals surface area contributed by atoms with Crippen LogP contribution >= 0.6 is 0 Å². The first-order valence-corrected chi connectivity index (χ1v) is 10.0. The highest BCUT2D eigenvalue weighted by Crippen LogP contribution is 2.27. The molecule has 0 bridgehead atoms. The summed E-state index contributed by atoms with van der Waals surface area (Å²) in [6.07, 6.45) is 9.82. The SMILES string of the molecule is C=C/C=C\CC.CC.CCOC(=O)C1CCCC1NCc1ccc(F)cc1. The number of esters is 1. The molecule has 2 rings (SSSR count). The van der Waals surface area contributed by atoms with Gasteiger partial charge in [0.15, 0.2) is 0 Å². The third kappa shape index (κ3) is 10.7. The van der Waals surface area contributed by atoms with Crippen molar-refractivity contribution in [2.45, 2.75) is 66.0 Å². The fraction of sp³-hybridized carbons (Fsp3) is 0.522. The van der Waals surface area contributed by atoms with E-state index >= 15 is 0 Å². The molecule has 0 amide bonds. The second-order valence-corrected chi connectivity index (χ2v) is 5.98. The number of allylic oxidation sites excluding steroid dienone is 3. The zero-order chi connectivity index (χ0) is 20.5. The minimum absolute atomic E-state index is 0.0413. The number of halogens is 1. The van der Waals surface area contributed by atoms with E-state index in [-0.39, 0.29) is 23.7 Å². The predicted octanol–water partition coefficient (Wildman–Crippen LogP) is 5.81. The standard InChI is InChI=1S/C15H20FNO2.C6H10.C2H6/c1-2-19-15(18)13-4-3-5-14(13)17-10-11-6-8-12(16)9-7-11;1-3-5-6-4-2;1-2/h6-9,13-14,17H,2-5,10H2,1H3;3,5-6H,1,4H2,2H3;1-2H3/b;6-5-;. The van der Waals surface area contributed by atoms with Crippen molar-refractivity contribution in [2.75, 3.05) is 6.61 Å². The highest BCUT2D eigenvalue weighted by atomic mass is 19.1. The van der Waals surface area contributed by atoms with Gasteiger partial charge in [0.25, 0.3) is 0 Å². The molecule has 1 aromatic carbocycles. The number of rotatable bonds is 7. The summed E-state index contributed by atoms with van der Waals surface area (Å²) >= 11 is 0. The van der Waals surface area contributed by atoms with Crippen LogP contribution in [0.4, 0.5) is 4.39 Å². The van der Waals surface area contributed by atoms with Crippen LogP contribution < -0.4 is 5.32 Å². The molecule has 1 aliphatic rings. The van der Waals surface area contributed by atoms with Crippen molar-refractivity contribution >= 4 is 5.97 Å². The van der Waals surface area contributed by atoms with E-state index in [1.807, 2.05) is 26.8 Å². The van der Waals surface area contributed by atoms with Gasteiger partial charge < -0.3 is 10.1 Å². The molecule has 1 saturated carbocycles. The van der Waals surface area contributed by atoms with Crippen LogP contribution in [-0.2, 0) is 16.1 Å². The van der Waals surface area contributed by atoms with Crippen molar-refractivity contribution in [3.8, 4) is 0 Å². The minimum atomic E-state index is -0.228. The quantitative estimate of drug-likeness (QED) is 0.481. The van der Waals surface area contributed by atoms with E-state index in [1.54, 1.807) is 18.2 Å². The number of benzene rings is 1. The molecule has 0 heterocycles. The van der Waals surface area contributed by atoms with Crippen LogP contribution in [0.15, 0.2) is 49.1 Å². The van der Waals surface area contributed by atoms with Gasteiger partial charge in [-0.2, -0.15) is 0 Å². The maximum Gasteiger partial charge on any atom is 0.310 e. The van der Waals surface area contributed by atoms with Gasteiger partial charge in [-0.3, -0.25) is 4.79 Å². The van der Waals surface area contributed by atoms with Crippen molar-refractivity contribution in [3.63, 3.8) is 0 Å². The van der Waals surface area contributed by atoms with Gasteiger partial charge in [0.2, 0.25) is 0 Å². The fourth-order valence-electron chi connectivity index (χ4n) is 2.82. The Morgan fingerprint density at radius 3 is 2.44 bits per heavy atom. The van der Waals surface area contributed by atoms with Gasteiger partial charge >= 0.3 is 5.97 Å². The summed E-state index contributed by atoms with van der Waals surface area (Å²) in [5.74, 6) is -0.369. The number of hydrogen-bond donors (Lipinski definition) is 1. The van der Waals surface area contributed by atoms with Crippen LogP contribution in [0.2, 0.25) is 0 Å². The molecular formula is C23H36FNO2. The molecule has 4 heteroatoms. The van der Waals surface area contributed by atoms with Crippen molar-refractivity contribution in [1.82, 2.24) is 5.32 Å². The summed E-state index contributed by atoms with van der Waals surface area (Å²) in [5, 5.41) is 3.38. The topological polar surface area (TPSA) is 38.3 Å². The summed E-state index contributed by atoms with van der Waals surface area (Å²) in [6, 6.07) is 6.60. The Hall–Kier alpha value is -1.94. The van der Waals surface area contributed by atoms with E-state index < -0.39 is 0 Å². The van der Waals surface area contributed by atoms with E-state index in [1.165, 1.54) is 12.1 Å². The molecule has 0 saturated heterocycles. The Balaban J connectivity index is 0.000000722. The lowest BCUT2D eigenvalue weighted by Gasteiger charge is -2.19. The molecule has 1 aliphatic carbocycles.